The Bertz CT molecular complexity index is 428. The molecule has 0 aliphatic rings. The number of hydrogen-bond donors (Lipinski definition) is 1. The Kier molecular flexibility index (Phi) is 4.06. The first-order valence-electron chi connectivity index (χ1n) is 4.53. The highest BCUT2D eigenvalue weighted by atomic mass is 79.9. The third-order valence-corrected chi connectivity index (χ3v) is 3.26. The van der Waals surface area contributed by atoms with Crippen LogP contribution in [0.5, 0.6) is 5.75 Å². The van der Waals surface area contributed by atoms with Gasteiger partial charge in [0.25, 0.3) is 0 Å². The minimum Gasteiger partial charge on any atom is -0.497 e. The molecule has 5 heteroatoms. The molecule has 1 unspecified atom stereocenters. The molecule has 1 atom stereocenters. The Hall–Kier alpha value is -1.36. The molecule has 1 aromatic rings. The number of aromatic carboxylic acids is 1. The van der Waals surface area contributed by atoms with Crippen LogP contribution in [0.3, 0.4) is 0 Å². The highest BCUT2D eigenvalue weighted by molar-refractivity contribution is 9.09. The number of hydrogen-bond acceptors (Lipinski definition) is 3. The number of carboxylic acid groups (broad SMARTS) is 1. The third-order valence-electron chi connectivity index (χ3n) is 2.12. The average molecular weight is 287 g/mol. The lowest BCUT2D eigenvalue weighted by Crippen LogP contribution is -2.09. The van der Waals surface area contributed by atoms with E-state index in [1.165, 1.54) is 20.1 Å². The van der Waals surface area contributed by atoms with Gasteiger partial charge in [0.1, 0.15) is 11.5 Å². The Morgan fingerprint density at radius 1 is 1.44 bits per heavy atom. The van der Waals surface area contributed by atoms with Crippen LogP contribution in [0.25, 0.3) is 0 Å². The van der Waals surface area contributed by atoms with Gasteiger partial charge in [0, 0.05) is 0 Å². The standard InChI is InChI=1S/C11H11BrO4/c1-6(13)10(12)9-5-7(16-2)3-4-8(9)11(14)15/h3-5,10H,1-2H3,(H,14,15). The van der Waals surface area contributed by atoms with Crippen molar-refractivity contribution in [3.05, 3.63) is 29.3 Å². The van der Waals surface area contributed by atoms with E-state index in [1.807, 2.05) is 0 Å². The van der Waals surface area contributed by atoms with Crippen molar-refractivity contribution in [1.29, 1.82) is 0 Å². The summed E-state index contributed by atoms with van der Waals surface area (Å²) in [4.78, 5) is 21.6. The van der Waals surface area contributed by atoms with Gasteiger partial charge >= 0.3 is 5.97 Å². The molecule has 0 aromatic heterocycles. The minimum atomic E-state index is -1.07. The van der Waals surface area contributed by atoms with Gasteiger partial charge in [-0.25, -0.2) is 4.79 Å². The molecular weight excluding hydrogens is 276 g/mol. The summed E-state index contributed by atoms with van der Waals surface area (Å²) in [5, 5.41) is 8.99. The van der Waals surface area contributed by atoms with Crippen molar-refractivity contribution in [3.8, 4) is 5.75 Å². The first-order chi connectivity index (χ1) is 7.47. The molecule has 86 valence electrons. The zero-order chi connectivity index (χ0) is 12.3. The van der Waals surface area contributed by atoms with E-state index in [1.54, 1.807) is 12.1 Å². The molecule has 16 heavy (non-hydrogen) atoms. The van der Waals surface area contributed by atoms with Crippen molar-refractivity contribution < 1.29 is 19.4 Å². The number of halogens is 1. The lowest BCUT2D eigenvalue weighted by Gasteiger charge is -2.11. The number of ether oxygens (including phenoxy) is 1. The van der Waals surface area contributed by atoms with E-state index < -0.39 is 10.8 Å². The molecule has 0 bridgehead atoms. The lowest BCUT2D eigenvalue weighted by atomic mass is 10.0. The number of methoxy groups -OCH3 is 1. The molecule has 0 radical (unpaired) electrons. The number of benzene rings is 1. The molecule has 1 aromatic carbocycles. The van der Waals surface area contributed by atoms with Gasteiger partial charge in [-0.1, -0.05) is 15.9 Å². The van der Waals surface area contributed by atoms with Crippen molar-refractivity contribution in [2.45, 2.75) is 11.8 Å². The number of Topliss-reactive ketones (excluding diaryl/α,β-unsaturated/α-hetero) is 1. The molecule has 0 spiro atoms. The molecule has 4 nitrogen and oxygen atoms in total. The molecule has 0 aliphatic heterocycles. The molecule has 1 rings (SSSR count). The number of alkyl halides is 1. The number of carbonyl (C=O) groups is 2. The second kappa shape index (κ2) is 5.12. The molecular formula is C11H11BrO4. The van der Waals surface area contributed by atoms with Gasteiger partial charge < -0.3 is 9.84 Å². The van der Waals surface area contributed by atoms with E-state index in [4.69, 9.17) is 9.84 Å². The molecule has 1 N–H and O–H groups in total. The van der Waals surface area contributed by atoms with Crippen LogP contribution in [-0.2, 0) is 4.79 Å². The van der Waals surface area contributed by atoms with Gasteiger partial charge in [0.15, 0.2) is 0 Å². The van der Waals surface area contributed by atoms with Crippen LogP contribution >= 0.6 is 15.9 Å². The number of ketones is 1. The monoisotopic (exact) mass is 286 g/mol. The van der Waals surface area contributed by atoms with Crippen LogP contribution in [-0.4, -0.2) is 24.0 Å². The fourth-order valence-electron chi connectivity index (χ4n) is 1.29. The summed E-state index contributed by atoms with van der Waals surface area (Å²) >= 11 is 3.16. The van der Waals surface area contributed by atoms with Crippen LogP contribution < -0.4 is 4.74 Å². The Morgan fingerprint density at radius 3 is 2.50 bits per heavy atom. The molecule has 0 amide bonds. The maximum atomic E-state index is 11.2. The SMILES string of the molecule is COc1ccc(C(=O)O)c(C(Br)C(C)=O)c1. The molecule has 0 heterocycles. The van der Waals surface area contributed by atoms with E-state index in [2.05, 4.69) is 15.9 Å². The second-order valence-corrected chi connectivity index (χ2v) is 4.15. The highest BCUT2D eigenvalue weighted by Gasteiger charge is 2.20. The second-order valence-electron chi connectivity index (χ2n) is 3.23. The topological polar surface area (TPSA) is 63.6 Å². The summed E-state index contributed by atoms with van der Waals surface area (Å²) in [6.07, 6.45) is 0. The molecule has 0 aliphatic carbocycles. The quantitative estimate of drug-likeness (QED) is 0.864. The van der Waals surface area contributed by atoms with E-state index in [-0.39, 0.29) is 11.3 Å². The first kappa shape index (κ1) is 12.7. The van der Waals surface area contributed by atoms with Gasteiger partial charge in [-0.2, -0.15) is 0 Å². The summed E-state index contributed by atoms with van der Waals surface area (Å²) in [7, 11) is 1.48. The predicted octanol–water partition coefficient (Wildman–Crippen LogP) is 2.42. The van der Waals surface area contributed by atoms with Crippen molar-refractivity contribution in [2.24, 2.45) is 0 Å². The van der Waals surface area contributed by atoms with Gasteiger partial charge in [-0.3, -0.25) is 4.79 Å². The number of carbonyl (C=O) groups excluding carboxylic acids is 1. The van der Waals surface area contributed by atoms with Crippen LogP contribution in [0.15, 0.2) is 18.2 Å². The summed E-state index contributed by atoms with van der Waals surface area (Å²) in [6, 6.07) is 4.52. The summed E-state index contributed by atoms with van der Waals surface area (Å²) in [6.45, 7) is 1.39. The van der Waals surface area contributed by atoms with Gasteiger partial charge in [-0.15, -0.1) is 0 Å². The maximum absolute atomic E-state index is 11.2. The van der Waals surface area contributed by atoms with Crippen LogP contribution in [0, 0.1) is 0 Å². The smallest absolute Gasteiger partial charge is 0.336 e. The summed E-state index contributed by atoms with van der Waals surface area (Å²) < 4.78 is 4.99. The zero-order valence-corrected chi connectivity index (χ0v) is 10.4. The van der Waals surface area contributed by atoms with Gasteiger partial charge in [0.05, 0.1) is 17.5 Å². The highest BCUT2D eigenvalue weighted by Crippen LogP contribution is 2.30. The fraction of sp³-hybridized carbons (Fsp3) is 0.273. The lowest BCUT2D eigenvalue weighted by molar-refractivity contribution is -0.116. The largest absolute Gasteiger partial charge is 0.497 e. The molecule has 0 saturated heterocycles. The molecule has 0 saturated carbocycles. The summed E-state index contributed by atoms with van der Waals surface area (Å²) in [5.41, 5.74) is 0.497. The third kappa shape index (κ3) is 2.61. The average Bonchev–Trinajstić information content (AvgIpc) is 2.26. The van der Waals surface area contributed by atoms with Crippen LogP contribution in [0.2, 0.25) is 0 Å². The number of rotatable bonds is 4. The Balaban J connectivity index is 3.30. The fourth-order valence-corrected chi connectivity index (χ4v) is 1.67. The first-order valence-corrected chi connectivity index (χ1v) is 5.44. The van der Waals surface area contributed by atoms with Gasteiger partial charge in [-0.05, 0) is 30.7 Å². The van der Waals surface area contributed by atoms with E-state index in [9.17, 15) is 9.59 Å². The van der Waals surface area contributed by atoms with E-state index in [0.29, 0.717) is 11.3 Å². The van der Waals surface area contributed by atoms with Crippen molar-refractivity contribution in [2.75, 3.05) is 7.11 Å². The zero-order valence-electron chi connectivity index (χ0n) is 8.86. The van der Waals surface area contributed by atoms with E-state index in [0.717, 1.165) is 0 Å². The van der Waals surface area contributed by atoms with Gasteiger partial charge in [0.2, 0.25) is 0 Å². The van der Waals surface area contributed by atoms with Crippen molar-refractivity contribution in [1.82, 2.24) is 0 Å². The van der Waals surface area contributed by atoms with Crippen LogP contribution in [0.1, 0.15) is 27.7 Å². The Morgan fingerprint density at radius 2 is 2.06 bits per heavy atom. The Labute approximate surface area is 101 Å². The van der Waals surface area contributed by atoms with E-state index >= 15 is 0 Å². The predicted molar refractivity (Wildman–Crippen MR) is 62.3 cm³/mol. The van der Waals surface area contributed by atoms with Crippen LogP contribution in [0.4, 0.5) is 0 Å². The van der Waals surface area contributed by atoms with Crippen molar-refractivity contribution in [3.63, 3.8) is 0 Å². The summed E-state index contributed by atoms with van der Waals surface area (Å²) in [5.74, 6) is -0.704. The molecule has 0 fully saturated rings. The minimum absolute atomic E-state index is 0.0953. The normalized spacial score (nSPS) is 11.9. The van der Waals surface area contributed by atoms with Crippen molar-refractivity contribution >= 4 is 27.7 Å². The maximum Gasteiger partial charge on any atom is 0.336 e. The number of carboxylic acids is 1.